The van der Waals surface area contributed by atoms with E-state index in [1.54, 1.807) is 0 Å². The number of carbonyl (C=O) groups excluding carboxylic acids is 1. The lowest BCUT2D eigenvalue weighted by Crippen LogP contribution is -2.52. The van der Waals surface area contributed by atoms with E-state index in [2.05, 4.69) is 22.5 Å². The molecule has 2 rings (SSSR count). The van der Waals surface area contributed by atoms with Crippen molar-refractivity contribution in [3.63, 3.8) is 0 Å². The third-order valence-corrected chi connectivity index (χ3v) is 4.42. The molecule has 2 N–H and O–H groups in total. The molecule has 1 amide bonds. The third kappa shape index (κ3) is 4.16. The van der Waals surface area contributed by atoms with Crippen molar-refractivity contribution in [1.29, 1.82) is 0 Å². The summed E-state index contributed by atoms with van der Waals surface area (Å²) in [4.78, 5) is 14.4. The van der Waals surface area contributed by atoms with Crippen molar-refractivity contribution in [2.45, 2.75) is 31.8 Å². The second-order valence-corrected chi connectivity index (χ2v) is 6.15. The highest BCUT2D eigenvalue weighted by Crippen LogP contribution is 2.09. The monoisotopic (exact) mass is 257 g/mol. The van der Waals surface area contributed by atoms with Crippen molar-refractivity contribution in [3.05, 3.63) is 0 Å². The van der Waals surface area contributed by atoms with Crippen molar-refractivity contribution >= 4 is 17.7 Å². The van der Waals surface area contributed by atoms with Crippen LogP contribution in [-0.4, -0.2) is 60.6 Å². The van der Waals surface area contributed by atoms with E-state index >= 15 is 0 Å². The highest BCUT2D eigenvalue weighted by atomic mass is 32.2. The van der Waals surface area contributed by atoms with Crippen LogP contribution in [0, 0.1) is 0 Å². The van der Waals surface area contributed by atoms with Crippen LogP contribution in [-0.2, 0) is 4.79 Å². The normalized spacial score (nSPS) is 27.9. The van der Waals surface area contributed by atoms with Crippen LogP contribution in [0.15, 0.2) is 0 Å². The van der Waals surface area contributed by atoms with Crippen molar-refractivity contribution < 1.29 is 4.79 Å². The topological polar surface area (TPSA) is 44.4 Å². The van der Waals surface area contributed by atoms with E-state index in [0.29, 0.717) is 0 Å². The van der Waals surface area contributed by atoms with Gasteiger partial charge in [0.25, 0.3) is 0 Å². The first kappa shape index (κ1) is 13.2. The summed E-state index contributed by atoms with van der Waals surface area (Å²) in [5, 5.41) is 6.39. The molecule has 2 heterocycles. The zero-order valence-electron chi connectivity index (χ0n) is 10.6. The highest BCUT2D eigenvalue weighted by molar-refractivity contribution is 7.99. The van der Waals surface area contributed by atoms with Gasteiger partial charge in [-0.15, -0.1) is 0 Å². The molecule has 17 heavy (non-hydrogen) atoms. The van der Waals surface area contributed by atoms with Gasteiger partial charge < -0.3 is 15.5 Å². The zero-order chi connectivity index (χ0) is 12.1. The van der Waals surface area contributed by atoms with Crippen molar-refractivity contribution in [2.24, 2.45) is 0 Å². The molecule has 2 aliphatic rings. The van der Waals surface area contributed by atoms with Gasteiger partial charge in [0.2, 0.25) is 5.91 Å². The molecule has 0 aromatic carbocycles. The Morgan fingerprint density at radius 3 is 2.94 bits per heavy atom. The van der Waals surface area contributed by atoms with Crippen molar-refractivity contribution in [3.8, 4) is 0 Å². The summed E-state index contributed by atoms with van der Waals surface area (Å²) < 4.78 is 0. The van der Waals surface area contributed by atoms with E-state index < -0.39 is 0 Å². The summed E-state index contributed by atoms with van der Waals surface area (Å²) >= 11 is 1.86. The number of nitrogens with zero attached hydrogens (tertiary/aromatic N) is 1. The highest BCUT2D eigenvalue weighted by Gasteiger charge is 2.23. The van der Waals surface area contributed by atoms with E-state index in [0.717, 1.165) is 24.6 Å². The molecular weight excluding hydrogens is 234 g/mol. The van der Waals surface area contributed by atoms with Crippen LogP contribution in [0.1, 0.15) is 19.8 Å². The Bertz CT molecular complexity index is 250. The van der Waals surface area contributed by atoms with Crippen molar-refractivity contribution in [2.75, 3.05) is 37.7 Å². The summed E-state index contributed by atoms with van der Waals surface area (Å²) in [7, 11) is 0. The molecular formula is C12H23N3OS. The van der Waals surface area contributed by atoms with Gasteiger partial charge >= 0.3 is 0 Å². The Balaban J connectivity index is 1.69. The molecule has 2 saturated heterocycles. The maximum atomic E-state index is 12.0. The number of nitrogens with one attached hydrogen (secondary N) is 2. The third-order valence-electron chi connectivity index (χ3n) is 3.36. The second-order valence-electron chi connectivity index (χ2n) is 5.00. The Morgan fingerprint density at radius 1 is 1.53 bits per heavy atom. The van der Waals surface area contributed by atoms with E-state index in [1.165, 1.54) is 25.9 Å². The number of amides is 1. The van der Waals surface area contributed by atoms with Crippen LogP contribution < -0.4 is 10.6 Å². The standard InChI is InChI=1S/C12H23N3OS/c1-10(8-15-5-2-3-6-15)14-12(16)11-9-17-7-4-13-11/h10-11,13H,2-9H2,1H3,(H,14,16). The number of thioether (sulfide) groups is 1. The number of hydrogen-bond acceptors (Lipinski definition) is 4. The van der Waals surface area contributed by atoms with Crippen LogP contribution in [0.5, 0.6) is 0 Å². The molecule has 2 aliphatic heterocycles. The molecule has 2 unspecified atom stereocenters. The van der Waals surface area contributed by atoms with Gasteiger partial charge in [-0.05, 0) is 32.9 Å². The molecule has 0 aliphatic carbocycles. The van der Waals surface area contributed by atoms with Gasteiger partial charge in [0.05, 0.1) is 6.04 Å². The molecule has 0 aromatic rings. The summed E-state index contributed by atoms with van der Waals surface area (Å²) in [6.07, 6.45) is 2.61. The molecule has 98 valence electrons. The van der Waals surface area contributed by atoms with Gasteiger partial charge in [0.1, 0.15) is 0 Å². The van der Waals surface area contributed by atoms with Gasteiger partial charge in [0.15, 0.2) is 0 Å². The predicted molar refractivity (Wildman–Crippen MR) is 72.4 cm³/mol. The summed E-state index contributed by atoms with van der Waals surface area (Å²) in [6, 6.07) is 0.268. The average molecular weight is 257 g/mol. The molecule has 0 bridgehead atoms. The summed E-state index contributed by atoms with van der Waals surface area (Å²) in [5.74, 6) is 2.19. The Hall–Kier alpha value is -0.260. The van der Waals surface area contributed by atoms with Crippen LogP contribution >= 0.6 is 11.8 Å². The Kier molecular flexibility index (Phi) is 5.13. The van der Waals surface area contributed by atoms with Gasteiger partial charge in [-0.2, -0.15) is 11.8 Å². The molecule has 0 saturated carbocycles. The quantitative estimate of drug-likeness (QED) is 0.760. The first-order valence-electron chi connectivity index (χ1n) is 6.59. The summed E-state index contributed by atoms with van der Waals surface area (Å²) in [5.41, 5.74) is 0. The van der Waals surface area contributed by atoms with E-state index in [1.807, 2.05) is 11.8 Å². The fourth-order valence-electron chi connectivity index (χ4n) is 2.48. The van der Waals surface area contributed by atoms with Crippen LogP contribution in [0.2, 0.25) is 0 Å². The molecule has 0 radical (unpaired) electrons. The van der Waals surface area contributed by atoms with Gasteiger partial charge in [0, 0.05) is 30.6 Å². The molecule has 4 nitrogen and oxygen atoms in total. The number of hydrogen-bond donors (Lipinski definition) is 2. The Labute approximate surface area is 108 Å². The number of likely N-dealkylation sites (tertiary alicyclic amines) is 1. The number of rotatable bonds is 4. The molecule has 0 aromatic heterocycles. The molecule has 2 atom stereocenters. The molecule has 0 spiro atoms. The first-order valence-corrected chi connectivity index (χ1v) is 7.75. The minimum atomic E-state index is 0.00905. The predicted octanol–water partition coefficient (Wildman–Crippen LogP) is 0.292. The minimum absolute atomic E-state index is 0.00905. The lowest BCUT2D eigenvalue weighted by atomic mass is 10.2. The maximum absolute atomic E-state index is 12.0. The first-order chi connectivity index (χ1) is 8.25. The molecule has 2 fully saturated rings. The fraction of sp³-hybridized carbons (Fsp3) is 0.917. The molecule has 5 heteroatoms. The van der Waals surface area contributed by atoms with Crippen LogP contribution in [0.3, 0.4) is 0 Å². The van der Waals surface area contributed by atoms with Crippen LogP contribution in [0.25, 0.3) is 0 Å². The largest absolute Gasteiger partial charge is 0.351 e. The minimum Gasteiger partial charge on any atom is -0.351 e. The second kappa shape index (κ2) is 6.61. The lowest BCUT2D eigenvalue weighted by molar-refractivity contribution is -0.123. The smallest absolute Gasteiger partial charge is 0.238 e. The van der Waals surface area contributed by atoms with Gasteiger partial charge in [-0.25, -0.2) is 0 Å². The van der Waals surface area contributed by atoms with Crippen LogP contribution in [0.4, 0.5) is 0 Å². The SMILES string of the molecule is CC(CN1CCCC1)NC(=O)C1CSCCN1. The van der Waals surface area contributed by atoms with E-state index in [9.17, 15) is 4.79 Å². The van der Waals surface area contributed by atoms with E-state index in [-0.39, 0.29) is 18.0 Å². The van der Waals surface area contributed by atoms with Gasteiger partial charge in [-0.1, -0.05) is 0 Å². The van der Waals surface area contributed by atoms with Crippen molar-refractivity contribution in [1.82, 2.24) is 15.5 Å². The lowest BCUT2D eigenvalue weighted by Gasteiger charge is -2.26. The van der Waals surface area contributed by atoms with E-state index in [4.69, 9.17) is 0 Å². The average Bonchev–Trinajstić information content (AvgIpc) is 2.82. The maximum Gasteiger partial charge on any atom is 0.238 e. The summed E-state index contributed by atoms with van der Waals surface area (Å²) in [6.45, 7) is 6.43. The number of carbonyl (C=O) groups is 1. The van der Waals surface area contributed by atoms with Gasteiger partial charge in [-0.3, -0.25) is 4.79 Å². The zero-order valence-corrected chi connectivity index (χ0v) is 11.4. The Morgan fingerprint density at radius 2 is 2.29 bits per heavy atom. The fourth-order valence-corrected chi connectivity index (χ4v) is 3.41.